The summed E-state index contributed by atoms with van der Waals surface area (Å²) in [6.07, 6.45) is 0.0798. The lowest BCUT2D eigenvalue weighted by atomic mass is 9.82. The van der Waals surface area contributed by atoms with Gasteiger partial charge in [0.1, 0.15) is 0 Å². The molecule has 3 rings (SSSR count). The van der Waals surface area contributed by atoms with Gasteiger partial charge in [0.05, 0.1) is 18.5 Å². The van der Waals surface area contributed by atoms with E-state index in [0.717, 1.165) is 0 Å². The van der Waals surface area contributed by atoms with E-state index >= 15 is 0 Å². The molecule has 0 spiro atoms. The van der Waals surface area contributed by atoms with Crippen molar-refractivity contribution in [3.63, 3.8) is 0 Å². The van der Waals surface area contributed by atoms with Crippen molar-refractivity contribution >= 4 is 25.0 Å². The topological polar surface area (TPSA) is 46.3 Å². The molecule has 0 saturated carbocycles. The Morgan fingerprint density at radius 2 is 2.00 bits per heavy atom. The van der Waals surface area contributed by atoms with Crippen molar-refractivity contribution in [3.8, 4) is 0 Å². The normalized spacial score (nSPS) is 22.0. The summed E-state index contributed by atoms with van der Waals surface area (Å²) in [4.78, 5) is 20.6. The van der Waals surface area contributed by atoms with Gasteiger partial charge < -0.3 is 14.4 Å². The van der Waals surface area contributed by atoms with Gasteiger partial charge in [0, 0.05) is 12.3 Å². The number of nitrogens with zero attached hydrogens (tertiary/aromatic N) is 3. The third-order valence-electron chi connectivity index (χ3n) is 4.77. The van der Waals surface area contributed by atoms with E-state index in [1.807, 2.05) is 0 Å². The maximum absolute atomic E-state index is 14.8. The van der Waals surface area contributed by atoms with Crippen molar-refractivity contribution < 1.29 is 18.4 Å². The molecule has 2 aliphatic rings. The number of halogens is 2. The average molecular weight is 344 g/mol. The molecule has 2 aliphatic heterocycles. The van der Waals surface area contributed by atoms with Gasteiger partial charge in [-0.3, -0.25) is 0 Å². The summed E-state index contributed by atoms with van der Waals surface area (Å²) in [5.74, 6) is -3.76. The minimum absolute atomic E-state index is 0.0467. The molecule has 0 bridgehead atoms. The smallest absolute Gasteiger partial charge is 0.293 e. The zero-order chi connectivity index (χ0) is 17.9. The third-order valence-corrected chi connectivity index (χ3v) is 4.77. The maximum atomic E-state index is 14.8. The number of alkyl halides is 2. The van der Waals surface area contributed by atoms with Crippen molar-refractivity contribution in [1.82, 2.24) is 4.81 Å². The van der Waals surface area contributed by atoms with E-state index in [4.69, 9.17) is 11.4 Å². The number of benzene rings is 1. The number of piperidine rings is 1. The fourth-order valence-electron chi connectivity index (χ4n) is 3.27. The molecule has 25 heavy (non-hydrogen) atoms. The summed E-state index contributed by atoms with van der Waals surface area (Å²) in [6.45, 7) is 7.82. The van der Waals surface area contributed by atoms with Gasteiger partial charge in [0.15, 0.2) is 11.8 Å². The molecular weight excluding hydrogens is 327 g/mol. The zero-order valence-corrected chi connectivity index (χ0v) is 13.6. The van der Waals surface area contributed by atoms with Crippen LogP contribution in [0.15, 0.2) is 29.4 Å². The van der Waals surface area contributed by atoms with Crippen molar-refractivity contribution in [2.24, 2.45) is 11.1 Å². The Morgan fingerprint density at radius 3 is 2.60 bits per heavy atom. The molecule has 1 radical (unpaired) electrons. The van der Waals surface area contributed by atoms with Crippen LogP contribution in [0.4, 0.5) is 14.5 Å². The number of hydrogen-bond donors (Lipinski definition) is 0. The predicted molar refractivity (Wildman–Crippen MR) is 90.5 cm³/mol. The number of oxime groups is 1. The van der Waals surface area contributed by atoms with E-state index in [1.54, 1.807) is 29.1 Å². The largest absolute Gasteiger partial charge is 0.385 e. The van der Waals surface area contributed by atoms with Gasteiger partial charge in [-0.15, -0.1) is 0 Å². The third kappa shape index (κ3) is 3.71. The number of rotatable bonds is 5. The molecule has 0 aromatic heterocycles. The van der Waals surface area contributed by atoms with Crippen LogP contribution in [0.2, 0.25) is 0 Å². The summed E-state index contributed by atoms with van der Waals surface area (Å²) >= 11 is 0. The van der Waals surface area contributed by atoms with Crippen LogP contribution in [0.1, 0.15) is 24.8 Å². The highest BCUT2D eigenvalue weighted by Crippen LogP contribution is 2.40. The fourth-order valence-corrected chi connectivity index (χ4v) is 3.27. The molecule has 0 aliphatic carbocycles. The first-order valence-corrected chi connectivity index (χ1v) is 8.15. The Kier molecular flexibility index (Phi) is 5.14. The Hall–Kier alpha value is -2.27. The van der Waals surface area contributed by atoms with Gasteiger partial charge >= 0.3 is 0 Å². The molecule has 0 N–H and O–H groups in total. The SMILES string of the molecule is [C-]#[N+]c1ccc(C2=NOC(C(F)(F)C3CCN([B]C=O)CC3)C2)cc1. The molecule has 1 unspecified atom stereocenters. The fraction of sp³-hybridized carbons (Fsp3) is 0.471. The summed E-state index contributed by atoms with van der Waals surface area (Å²) in [5, 5.41) is 3.84. The van der Waals surface area contributed by atoms with E-state index in [2.05, 4.69) is 10.0 Å². The minimum Gasteiger partial charge on any atom is -0.385 e. The van der Waals surface area contributed by atoms with Gasteiger partial charge in [-0.25, -0.2) is 13.6 Å². The van der Waals surface area contributed by atoms with Crippen LogP contribution in [0.3, 0.4) is 0 Å². The minimum atomic E-state index is -2.98. The molecule has 0 amide bonds. The summed E-state index contributed by atoms with van der Waals surface area (Å²) in [7, 11) is 1.40. The molecule has 2 heterocycles. The Bertz CT molecular complexity index is 695. The zero-order valence-electron chi connectivity index (χ0n) is 13.6. The van der Waals surface area contributed by atoms with E-state index < -0.39 is 17.9 Å². The van der Waals surface area contributed by atoms with E-state index in [1.165, 1.54) is 7.41 Å². The highest BCUT2D eigenvalue weighted by Gasteiger charge is 2.51. The van der Waals surface area contributed by atoms with Crippen LogP contribution in [-0.2, 0) is 9.63 Å². The number of carbonyl (C=O) groups is 1. The van der Waals surface area contributed by atoms with Crippen molar-refractivity contribution in [1.29, 1.82) is 0 Å². The Labute approximate surface area is 145 Å². The first kappa shape index (κ1) is 17.6. The van der Waals surface area contributed by atoms with Gasteiger partial charge in [-0.2, -0.15) is 0 Å². The molecule has 1 aromatic carbocycles. The quantitative estimate of drug-likeness (QED) is 0.469. The maximum Gasteiger partial charge on any atom is 0.293 e. The predicted octanol–water partition coefficient (Wildman–Crippen LogP) is 2.89. The van der Waals surface area contributed by atoms with Crippen molar-refractivity contribution in [2.45, 2.75) is 31.3 Å². The lowest BCUT2D eigenvalue weighted by molar-refractivity contribution is -0.167. The second kappa shape index (κ2) is 7.32. The average Bonchev–Trinajstić information content (AvgIpc) is 3.13. The highest BCUT2D eigenvalue weighted by molar-refractivity contribution is 6.64. The molecule has 129 valence electrons. The Morgan fingerprint density at radius 1 is 1.32 bits per heavy atom. The second-order valence-electron chi connectivity index (χ2n) is 6.26. The highest BCUT2D eigenvalue weighted by atomic mass is 19.3. The number of carbonyl (C=O) groups excluding carboxylic acids is 1. The first-order chi connectivity index (χ1) is 12.0. The van der Waals surface area contributed by atoms with E-state index in [-0.39, 0.29) is 6.42 Å². The second-order valence-corrected chi connectivity index (χ2v) is 6.26. The van der Waals surface area contributed by atoms with Crippen LogP contribution in [0.5, 0.6) is 0 Å². The lowest BCUT2D eigenvalue weighted by Crippen LogP contribution is -2.47. The van der Waals surface area contributed by atoms with Gasteiger partial charge in [0.25, 0.3) is 13.3 Å². The monoisotopic (exact) mass is 344 g/mol. The van der Waals surface area contributed by atoms with Crippen LogP contribution < -0.4 is 0 Å². The first-order valence-electron chi connectivity index (χ1n) is 8.15. The summed E-state index contributed by atoms with van der Waals surface area (Å²) in [6, 6.07) is 6.67. The van der Waals surface area contributed by atoms with Crippen molar-refractivity contribution in [3.05, 3.63) is 41.2 Å². The lowest BCUT2D eigenvalue weighted by Gasteiger charge is -2.36. The van der Waals surface area contributed by atoms with Crippen molar-refractivity contribution in [2.75, 3.05) is 13.1 Å². The van der Waals surface area contributed by atoms with Crippen LogP contribution in [0, 0.1) is 12.5 Å². The van der Waals surface area contributed by atoms with Gasteiger partial charge in [-0.1, -0.05) is 29.4 Å². The summed E-state index contributed by atoms with van der Waals surface area (Å²) in [5.41, 5.74) is 1.66. The molecule has 1 atom stereocenters. The van der Waals surface area contributed by atoms with E-state index in [9.17, 15) is 13.6 Å². The van der Waals surface area contributed by atoms with Crippen LogP contribution in [-0.4, -0.2) is 49.2 Å². The molecule has 8 heteroatoms. The van der Waals surface area contributed by atoms with Gasteiger partial charge in [0.2, 0.25) is 0 Å². The molecular formula is C17H17BF2N3O2. The van der Waals surface area contributed by atoms with Crippen LogP contribution in [0.25, 0.3) is 4.85 Å². The Balaban J connectivity index is 1.61. The van der Waals surface area contributed by atoms with E-state index in [0.29, 0.717) is 49.1 Å². The molecule has 5 nitrogen and oxygen atoms in total. The number of hydrogen-bond acceptors (Lipinski definition) is 4. The molecule has 1 fully saturated rings. The van der Waals surface area contributed by atoms with Crippen LogP contribution >= 0.6 is 0 Å². The molecule has 1 aromatic rings. The van der Waals surface area contributed by atoms with Gasteiger partial charge in [-0.05, 0) is 31.5 Å². The standard InChI is InChI=1S/C17H17BF2N3O2/c1-21-14-4-2-12(3-5-14)15-10-16(25-22-15)17(19,20)13-6-8-23(9-7-13)18-11-24/h2-5,11,13,16H,6-10H2. The summed E-state index contributed by atoms with van der Waals surface area (Å²) < 4.78 is 29.6. The molecule has 1 saturated heterocycles.